The molecule has 0 aromatic heterocycles. The van der Waals surface area contributed by atoms with Gasteiger partial charge in [-0.05, 0) is 57.1 Å². The molecular formula is C24H35N3O2. The molecule has 0 spiro atoms. The van der Waals surface area contributed by atoms with Gasteiger partial charge in [0.1, 0.15) is 0 Å². The molecule has 1 unspecified atom stereocenters. The smallest absolute Gasteiger partial charge is 0.226 e. The Morgan fingerprint density at radius 2 is 1.69 bits per heavy atom. The van der Waals surface area contributed by atoms with E-state index in [4.69, 9.17) is 0 Å². The summed E-state index contributed by atoms with van der Waals surface area (Å²) < 4.78 is 0. The zero-order valence-electron chi connectivity index (χ0n) is 17.8. The van der Waals surface area contributed by atoms with E-state index in [0.29, 0.717) is 23.8 Å². The molecule has 5 heteroatoms. The van der Waals surface area contributed by atoms with Crippen molar-refractivity contribution in [1.82, 2.24) is 14.7 Å². The summed E-state index contributed by atoms with van der Waals surface area (Å²) in [5, 5.41) is 0. The molecule has 3 fully saturated rings. The van der Waals surface area contributed by atoms with Crippen LogP contribution in [0.3, 0.4) is 0 Å². The van der Waals surface area contributed by atoms with E-state index in [1.54, 1.807) is 0 Å². The number of carbonyl (C=O) groups is 2. The third kappa shape index (κ3) is 5.19. The van der Waals surface area contributed by atoms with E-state index in [9.17, 15) is 9.59 Å². The van der Waals surface area contributed by atoms with Crippen LogP contribution in [0.1, 0.15) is 44.1 Å². The summed E-state index contributed by atoms with van der Waals surface area (Å²) in [7, 11) is 1.95. The highest BCUT2D eigenvalue weighted by Gasteiger charge is 2.37. The summed E-state index contributed by atoms with van der Waals surface area (Å²) in [6.45, 7) is 4.55. The molecule has 1 aromatic carbocycles. The number of likely N-dealkylation sites (tertiary alicyclic amines) is 2. The van der Waals surface area contributed by atoms with Gasteiger partial charge < -0.3 is 9.80 Å². The van der Waals surface area contributed by atoms with Crippen molar-refractivity contribution in [1.29, 1.82) is 0 Å². The minimum absolute atomic E-state index is 0.121. The van der Waals surface area contributed by atoms with E-state index in [1.165, 1.54) is 5.56 Å². The molecule has 1 saturated carbocycles. The fraction of sp³-hybridized carbons (Fsp3) is 0.667. The first-order valence-corrected chi connectivity index (χ1v) is 11.4. The monoisotopic (exact) mass is 397 g/mol. The molecule has 2 heterocycles. The van der Waals surface area contributed by atoms with Crippen LogP contribution in [0.2, 0.25) is 0 Å². The van der Waals surface area contributed by atoms with Crippen molar-refractivity contribution >= 4 is 11.8 Å². The highest BCUT2D eigenvalue weighted by molar-refractivity contribution is 5.81. The number of piperidine rings is 2. The molecule has 1 aliphatic carbocycles. The minimum atomic E-state index is 0.121. The van der Waals surface area contributed by atoms with Crippen LogP contribution in [0, 0.1) is 11.8 Å². The highest BCUT2D eigenvalue weighted by atomic mass is 16.2. The third-order valence-electron chi connectivity index (χ3n) is 6.98. The van der Waals surface area contributed by atoms with Crippen molar-refractivity contribution in [2.24, 2.45) is 11.8 Å². The average Bonchev–Trinajstić information content (AvgIpc) is 3.63. The fourth-order valence-electron chi connectivity index (χ4n) is 4.94. The molecular weight excluding hydrogens is 362 g/mol. The Balaban J connectivity index is 1.24. The number of amides is 2. The van der Waals surface area contributed by atoms with Gasteiger partial charge in [0.2, 0.25) is 11.8 Å². The van der Waals surface area contributed by atoms with Gasteiger partial charge in [0.05, 0.1) is 5.92 Å². The van der Waals surface area contributed by atoms with Crippen LogP contribution < -0.4 is 0 Å². The van der Waals surface area contributed by atoms with Crippen molar-refractivity contribution in [3.8, 4) is 0 Å². The number of hydrogen-bond donors (Lipinski definition) is 0. The van der Waals surface area contributed by atoms with Crippen molar-refractivity contribution in [2.75, 3.05) is 39.8 Å². The van der Waals surface area contributed by atoms with Crippen LogP contribution in [0.4, 0.5) is 0 Å². The maximum atomic E-state index is 13.0. The Hall–Kier alpha value is -1.88. The summed E-state index contributed by atoms with van der Waals surface area (Å²) in [5.41, 5.74) is 1.28. The van der Waals surface area contributed by atoms with Crippen LogP contribution in [-0.2, 0) is 16.0 Å². The lowest BCUT2D eigenvalue weighted by Crippen LogP contribution is -2.52. The largest absolute Gasteiger partial charge is 0.345 e. The normalized spacial score (nSPS) is 23.8. The number of rotatable bonds is 6. The Morgan fingerprint density at radius 3 is 2.38 bits per heavy atom. The average molecular weight is 398 g/mol. The lowest BCUT2D eigenvalue weighted by Gasteiger charge is -2.42. The molecule has 2 aliphatic heterocycles. The molecule has 158 valence electrons. The van der Waals surface area contributed by atoms with Crippen LogP contribution >= 0.6 is 0 Å². The molecule has 2 amide bonds. The first-order chi connectivity index (χ1) is 14.1. The van der Waals surface area contributed by atoms with E-state index in [1.807, 2.05) is 18.0 Å². The fourth-order valence-corrected chi connectivity index (χ4v) is 4.94. The highest BCUT2D eigenvalue weighted by Crippen LogP contribution is 2.32. The van der Waals surface area contributed by atoms with Gasteiger partial charge in [-0.1, -0.05) is 30.3 Å². The SMILES string of the molecule is CN(CCc1ccccc1)C(=O)C1CCCN(C2CCN(C(=O)C3CC3)CC2)C1. The van der Waals surface area contributed by atoms with E-state index in [0.717, 1.165) is 77.7 Å². The third-order valence-corrected chi connectivity index (χ3v) is 6.98. The number of nitrogens with zero attached hydrogens (tertiary/aromatic N) is 3. The van der Waals surface area contributed by atoms with Crippen LogP contribution in [0.15, 0.2) is 30.3 Å². The van der Waals surface area contributed by atoms with Gasteiger partial charge in [0.15, 0.2) is 0 Å². The van der Waals surface area contributed by atoms with Crippen LogP contribution in [0.25, 0.3) is 0 Å². The van der Waals surface area contributed by atoms with Crippen molar-refractivity contribution in [2.45, 2.75) is 51.0 Å². The molecule has 4 rings (SSSR count). The predicted octanol–water partition coefficient (Wildman–Crippen LogP) is 2.80. The molecule has 1 aromatic rings. The van der Waals surface area contributed by atoms with E-state index >= 15 is 0 Å². The van der Waals surface area contributed by atoms with Gasteiger partial charge in [-0.2, -0.15) is 0 Å². The Kier molecular flexibility index (Phi) is 6.53. The topological polar surface area (TPSA) is 43.9 Å². The first kappa shape index (κ1) is 20.4. The predicted molar refractivity (Wildman–Crippen MR) is 114 cm³/mol. The van der Waals surface area contributed by atoms with Crippen molar-refractivity contribution in [3.63, 3.8) is 0 Å². The molecule has 0 radical (unpaired) electrons. The Bertz CT molecular complexity index is 695. The first-order valence-electron chi connectivity index (χ1n) is 11.4. The number of likely N-dealkylation sites (N-methyl/N-ethyl adjacent to an activating group) is 1. The molecule has 5 nitrogen and oxygen atoms in total. The molecule has 29 heavy (non-hydrogen) atoms. The van der Waals surface area contributed by atoms with E-state index in [2.05, 4.69) is 34.1 Å². The van der Waals surface area contributed by atoms with Gasteiger partial charge in [-0.25, -0.2) is 0 Å². The molecule has 2 saturated heterocycles. The van der Waals surface area contributed by atoms with Gasteiger partial charge in [-0.15, -0.1) is 0 Å². The number of carbonyl (C=O) groups excluding carboxylic acids is 2. The maximum absolute atomic E-state index is 13.0. The maximum Gasteiger partial charge on any atom is 0.226 e. The molecule has 3 aliphatic rings. The van der Waals surface area contributed by atoms with Gasteiger partial charge in [0.25, 0.3) is 0 Å². The standard InChI is InChI=1S/C24H35N3O2/c1-25(15-11-19-6-3-2-4-7-19)23(28)21-8-5-14-27(18-21)22-12-16-26(17-13-22)24(29)20-9-10-20/h2-4,6-7,20-22H,5,8-18H2,1H3. The van der Waals surface area contributed by atoms with Crippen LogP contribution in [-0.4, -0.2) is 72.3 Å². The molecule has 1 atom stereocenters. The van der Waals surface area contributed by atoms with Gasteiger partial charge in [0, 0.05) is 45.2 Å². The second-order valence-electron chi connectivity index (χ2n) is 9.16. The molecule has 0 N–H and O–H groups in total. The summed E-state index contributed by atoms with van der Waals surface area (Å²) in [6.07, 6.45) is 7.31. The summed E-state index contributed by atoms with van der Waals surface area (Å²) in [5.74, 6) is 1.13. The summed E-state index contributed by atoms with van der Waals surface area (Å²) in [6, 6.07) is 10.9. The second kappa shape index (κ2) is 9.29. The number of benzene rings is 1. The Morgan fingerprint density at radius 1 is 0.966 bits per heavy atom. The second-order valence-corrected chi connectivity index (χ2v) is 9.16. The van der Waals surface area contributed by atoms with Gasteiger partial charge >= 0.3 is 0 Å². The van der Waals surface area contributed by atoms with E-state index < -0.39 is 0 Å². The van der Waals surface area contributed by atoms with Gasteiger partial charge in [-0.3, -0.25) is 14.5 Å². The quantitative estimate of drug-likeness (QED) is 0.741. The van der Waals surface area contributed by atoms with Crippen LogP contribution in [0.5, 0.6) is 0 Å². The lowest BCUT2D eigenvalue weighted by molar-refractivity contribution is -0.136. The molecule has 0 bridgehead atoms. The minimum Gasteiger partial charge on any atom is -0.345 e. The van der Waals surface area contributed by atoms with E-state index in [-0.39, 0.29) is 5.92 Å². The van der Waals surface area contributed by atoms with Crippen molar-refractivity contribution < 1.29 is 9.59 Å². The number of hydrogen-bond acceptors (Lipinski definition) is 3. The zero-order valence-corrected chi connectivity index (χ0v) is 17.8. The summed E-state index contributed by atoms with van der Waals surface area (Å²) in [4.78, 5) is 31.9. The Labute approximate surface area is 175 Å². The van der Waals surface area contributed by atoms with Crippen molar-refractivity contribution in [3.05, 3.63) is 35.9 Å². The lowest BCUT2D eigenvalue weighted by atomic mass is 9.92. The zero-order chi connectivity index (χ0) is 20.2. The summed E-state index contributed by atoms with van der Waals surface area (Å²) >= 11 is 0.